The molecular formula is C22H24BrCl3N2O3. The zero-order valence-corrected chi connectivity index (χ0v) is 21.1. The normalized spacial score (nSPS) is 11.7. The molecule has 0 heterocycles. The lowest BCUT2D eigenvalue weighted by molar-refractivity contribution is -0.142. The quantitative estimate of drug-likeness (QED) is 0.363. The number of amides is 2. The van der Waals surface area contributed by atoms with Gasteiger partial charge >= 0.3 is 0 Å². The number of unbranched alkanes of at least 4 members (excludes halogenated alkanes) is 1. The Morgan fingerprint density at radius 2 is 1.84 bits per heavy atom. The van der Waals surface area contributed by atoms with Gasteiger partial charge in [-0.25, -0.2) is 0 Å². The molecule has 0 radical (unpaired) electrons. The molecule has 9 heteroatoms. The Labute approximate surface area is 206 Å². The molecule has 0 aliphatic rings. The fraction of sp³-hybridized carbons (Fsp3) is 0.364. The van der Waals surface area contributed by atoms with Crippen LogP contribution in [0.3, 0.4) is 0 Å². The summed E-state index contributed by atoms with van der Waals surface area (Å²) in [5, 5.41) is 4.24. The molecule has 1 atom stereocenters. The van der Waals surface area contributed by atoms with Gasteiger partial charge in [0.1, 0.15) is 11.8 Å². The van der Waals surface area contributed by atoms with Crippen LogP contribution < -0.4 is 10.1 Å². The van der Waals surface area contributed by atoms with E-state index in [2.05, 4.69) is 21.2 Å². The average Bonchev–Trinajstić information content (AvgIpc) is 2.72. The zero-order valence-electron chi connectivity index (χ0n) is 17.3. The van der Waals surface area contributed by atoms with Crippen LogP contribution in [0.25, 0.3) is 0 Å². The second-order valence-corrected chi connectivity index (χ2v) is 9.01. The van der Waals surface area contributed by atoms with E-state index < -0.39 is 6.04 Å². The number of benzene rings is 2. The average molecular weight is 551 g/mol. The molecular weight excluding hydrogens is 527 g/mol. The molecule has 0 aliphatic carbocycles. The number of carbonyl (C=O) groups excluding carboxylic acids is 2. The Kier molecular flexibility index (Phi) is 10.4. The van der Waals surface area contributed by atoms with E-state index in [9.17, 15) is 9.59 Å². The fourth-order valence-corrected chi connectivity index (χ4v) is 4.10. The predicted octanol–water partition coefficient (Wildman–Crippen LogP) is 6.12. The van der Waals surface area contributed by atoms with Crippen molar-refractivity contribution in [1.29, 1.82) is 0 Å². The van der Waals surface area contributed by atoms with Crippen molar-refractivity contribution in [2.75, 3.05) is 13.2 Å². The van der Waals surface area contributed by atoms with E-state index in [4.69, 9.17) is 39.5 Å². The van der Waals surface area contributed by atoms with Crippen LogP contribution in [0.2, 0.25) is 15.1 Å². The van der Waals surface area contributed by atoms with E-state index in [0.717, 1.165) is 12.8 Å². The first-order valence-corrected chi connectivity index (χ1v) is 11.7. The first kappa shape index (κ1) is 25.8. The van der Waals surface area contributed by atoms with Crippen LogP contribution in [0.4, 0.5) is 0 Å². The summed E-state index contributed by atoms with van der Waals surface area (Å²) in [4.78, 5) is 27.2. The van der Waals surface area contributed by atoms with Gasteiger partial charge in [-0.1, -0.05) is 54.2 Å². The van der Waals surface area contributed by atoms with E-state index in [1.165, 1.54) is 4.90 Å². The lowest BCUT2D eigenvalue weighted by atomic mass is 10.1. The molecule has 2 aromatic rings. The second-order valence-electron chi connectivity index (χ2n) is 6.91. The van der Waals surface area contributed by atoms with Gasteiger partial charge in [-0.05, 0) is 59.6 Å². The van der Waals surface area contributed by atoms with Crippen LogP contribution >= 0.6 is 50.7 Å². The molecule has 0 aliphatic heterocycles. The van der Waals surface area contributed by atoms with Crippen molar-refractivity contribution in [3.63, 3.8) is 0 Å². The number of nitrogens with zero attached hydrogens (tertiary/aromatic N) is 1. The Bertz CT molecular complexity index is 907. The lowest BCUT2D eigenvalue weighted by Gasteiger charge is -2.29. The molecule has 0 spiro atoms. The van der Waals surface area contributed by atoms with Crippen LogP contribution in [-0.2, 0) is 16.1 Å². The molecule has 0 bridgehead atoms. The minimum absolute atomic E-state index is 0.0743. The number of rotatable bonds is 10. The van der Waals surface area contributed by atoms with Gasteiger partial charge in [-0.15, -0.1) is 0 Å². The first-order chi connectivity index (χ1) is 14.7. The highest BCUT2D eigenvalue weighted by Gasteiger charge is 2.27. The first-order valence-electron chi connectivity index (χ1n) is 9.82. The summed E-state index contributed by atoms with van der Waals surface area (Å²) in [6.07, 6.45) is 1.81. The maximum absolute atomic E-state index is 13.1. The Hall–Kier alpha value is -1.47. The highest BCUT2D eigenvalue weighted by atomic mass is 79.9. The van der Waals surface area contributed by atoms with Gasteiger partial charge in [-0.2, -0.15) is 0 Å². The number of ether oxygens (including phenoxy) is 1. The third-order valence-electron chi connectivity index (χ3n) is 4.63. The molecule has 0 unspecified atom stereocenters. The molecule has 31 heavy (non-hydrogen) atoms. The maximum Gasteiger partial charge on any atom is 0.261 e. The summed E-state index contributed by atoms with van der Waals surface area (Å²) in [5.41, 5.74) is 0.570. The van der Waals surface area contributed by atoms with Crippen LogP contribution in [-0.4, -0.2) is 35.9 Å². The van der Waals surface area contributed by atoms with Crippen molar-refractivity contribution < 1.29 is 14.3 Å². The maximum atomic E-state index is 13.1. The highest BCUT2D eigenvalue weighted by Crippen LogP contribution is 2.29. The number of nitrogens with one attached hydrogen (secondary N) is 1. The van der Waals surface area contributed by atoms with Crippen molar-refractivity contribution >= 4 is 62.5 Å². The zero-order chi connectivity index (χ0) is 23.0. The van der Waals surface area contributed by atoms with Gasteiger partial charge in [-0.3, -0.25) is 9.59 Å². The second kappa shape index (κ2) is 12.5. The molecule has 1 N–H and O–H groups in total. The van der Waals surface area contributed by atoms with Crippen molar-refractivity contribution in [2.24, 2.45) is 0 Å². The summed E-state index contributed by atoms with van der Waals surface area (Å²) >= 11 is 21.9. The summed E-state index contributed by atoms with van der Waals surface area (Å²) in [5.74, 6) is -0.165. The predicted molar refractivity (Wildman–Crippen MR) is 129 cm³/mol. The van der Waals surface area contributed by atoms with Crippen molar-refractivity contribution in [1.82, 2.24) is 10.2 Å². The molecule has 168 valence electrons. The summed E-state index contributed by atoms with van der Waals surface area (Å²) in [6.45, 7) is 4.06. The van der Waals surface area contributed by atoms with E-state index in [0.29, 0.717) is 37.4 Å². The van der Waals surface area contributed by atoms with Gasteiger partial charge < -0.3 is 15.0 Å². The molecule has 0 saturated heterocycles. The summed E-state index contributed by atoms with van der Waals surface area (Å²) in [7, 11) is 0. The van der Waals surface area contributed by atoms with Crippen LogP contribution in [0.5, 0.6) is 5.75 Å². The van der Waals surface area contributed by atoms with Gasteiger partial charge in [0.05, 0.1) is 4.47 Å². The molecule has 2 amide bonds. The van der Waals surface area contributed by atoms with Gasteiger partial charge in [0.2, 0.25) is 5.91 Å². The molecule has 2 rings (SSSR count). The monoisotopic (exact) mass is 548 g/mol. The SMILES string of the molecule is CCCCNC(=O)[C@@H](C)N(Cc1c(Cl)cccc1Cl)C(=O)COc1ccc(Cl)cc1Br. The van der Waals surface area contributed by atoms with E-state index in [-0.39, 0.29) is 25.0 Å². The fourth-order valence-electron chi connectivity index (χ4n) is 2.79. The van der Waals surface area contributed by atoms with Crippen molar-refractivity contribution in [3.8, 4) is 5.75 Å². The largest absolute Gasteiger partial charge is 0.483 e. The Morgan fingerprint density at radius 1 is 1.16 bits per heavy atom. The highest BCUT2D eigenvalue weighted by molar-refractivity contribution is 9.10. The van der Waals surface area contributed by atoms with E-state index in [1.54, 1.807) is 43.3 Å². The third kappa shape index (κ3) is 7.56. The topological polar surface area (TPSA) is 58.6 Å². The number of hydrogen-bond acceptors (Lipinski definition) is 3. The van der Waals surface area contributed by atoms with Gasteiger partial charge in [0.25, 0.3) is 5.91 Å². The van der Waals surface area contributed by atoms with E-state index in [1.807, 2.05) is 6.92 Å². The minimum atomic E-state index is -0.742. The Morgan fingerprint density at radius 3 is 2.45 bits per heavy atom. The number of halogens is 4. The lowest BCUT2D eigenvalue weighted by Crippen LogP contribution is -2.49. The Balaban J connectivity index is 2.20. The molecule has 5 nitrogen and oxygen atoms in total. The van der Waals surface area contributed by atoms with Crippen LogP contribution in [0.15, 0.2) is 40.9 Å². The van der Waals surface area contributed by atoms with Crippen LogP contribution in [0, 0.1) is 0 Å². The van der Waals surface area contributed by atoms with Gasteiger partial charge in [0.15, 0.2) is 6.61 Å². The summed E-state index contributed by atoms with van der Waals surface area (Å²) < 4.78 is 6.29. The molecule has 2 aromatic carbocycles. The standard InChI is InChI=1S/C22H24BrCl3N2O3/c1-3-4-10-27-22(30)14(2)28(12-16-18(25)6-5-7-19(16)26)21(29)13-31-20-9-8-15(24)11-17(20)23/h5-9,11,14H,3-4,10,12-13H2,1-2H3,(H,27,30)/t14-/m1/s1. The van der Waals surface area contributed by atoms with E-state index >= 15 is 0 Å². The smallest absolute Gasteiger partial charge is 0.261 e. The number of hydrogen-bond donors (Lipinski definition) is 1. The molecule has 0 saturated carbocycles. The van der Waals surface area contributed by atoms with Gasteiger partial charge in [0, 0.05) is 33.7 Å². The molecule has 0 fully saturated rings. The minimum Gasteiger partial charge on any atom is -0.483 e. The van der Waals surface area contributed by atoms with Crippen molar-refractivity contribution in [2.45, 2.75) is 39.3 Å². The number of carbonyl (C=O) groups is 2. The third-order valence-corrected chi connectivity index (χ3v) is 6.20. The summed E-state index contributed by atoms with van der Waals surface area (Å²) in [6, 6.07) is 9.37. The molecule has 0 aromatic heterocycles. The van der Waals surface area contributed by atoms with Crippen molar-refractivity contribution in [3.05, 3.63) is 61.5 Å². The van der Waals surface area contributed by atoms with Crippen LogP contribution in [0.1, 0.15) is 32.3 Å².